The maximum atomic E-state index is 12.7. The second-order valence-electron chi connectivity index (χ2n) is 6.23. The molecule has 3 aromatic rings. The van der Waals surface area contributed by atoms with Crippen LogP contribution in [-0.2, 0) is 4.74 Å². The van der Waals surface area contributed by atoms with Gasteiger partial charge in [0.2, 0.25) is 0 Å². The van der Waals surface area contributed by atoms with Crippen molar-refractivity contribution in [1.82, 2.24) is 4.90 Å². The number of benzene rings is 3. The van der Waals surface area contributed by atoms with E-state index in [4.69, 9.17) is 22.7 Å². The van der Waals surface area contributed by atoms with Crippen LogP contribution in [0.5, 0.6) is 0 Å². The average molecular weight is 391 g/mol. The predicted octanol–water partition coefficient (Wildman–Crippen LogP) is 4.18. The molecule has 0 spiro atoms. The normalized spacial score (nSPS) is 10.6. The van der Waals surface area contributed by atoms with E-state index >= 15 is 0 Å². The molecule has 0 fully saturated rings. The third-order valence-corrected chi connectivity index (χ3v) is 4.56. The van der Waals surface area contributed by atoms with Crippen molar-refractivity contribution in [2.45, 2.75) is 6.10 Å². The van der Waals surface area contributed by atoms with Gasteiger partial charge in [-0.3, -0.25) is 9.69 Å². The van der Waals surface area contributed by atoms with Crippen LogP contribution >= 0.6 is 12.2 Å². The van der Waals surface area contributed by atoms with E-state index in [2.05, 4.69) is 0 Å². The lowest BCUT2D eigenvalue weighted by Crippen LogP contribution is -2.42. The van der Waals surface area contributed by atoms with Gasteiger partial charge in [-0.15, -0.1) is 0 Å². The zero-order chi connectivity index (χ0) is 19.8. The fourth-order valence-corrected chi connectivity index (χ4v) is 3.12. The van der Waals surface area contributed by atoms with Gasteiger partial charge in [0.1, 0.15) is 6.10 Å². The average Bonchev–Trinajstić information content (AvgIpc) is 2.75. The molecule has 2 N–H and O–H groups in total. The van der Waals surface area contributed by atoms with Gasteiger partial charge in [0, 0.05) is 5.56 Å². The van der Waals surface area contributed by atoms with Crippen molar-refractivity contribution >= 4 is 23.2 Å². The summed E-state index contributed by atoms with van der Waals surface area (Å²) in [6.45, 7) is 0.573. The number of thiocarbonyl (C=S) groups is 1. The van der Waals surface area contributed by atoms with Crippen LogP contribution in [0, 0.1) is 0 Å². The fourth-order valence-electron chi connectivity index (χ4n) is 2.95. The number of rotatable bonds is 7. The van der Waals surface area contributed by atoms with E-state index in [0.717, 1.165) is 11.1 Å². The summed E-state index contributed by atoms with van der Waals surface area (Å²) in [5.74, 6) is -0.229. The lowest BCUT2D eigenvalue weighted by Gasteiger charge is -2.24. The van der Waals surface area contributed by atoms with Crippen LogP contribution in [0.1, 0.15) is 27.6 Å². The predicted molar refractivity (Wildman–Crippen MR) is 115 cm³/mol. The number of ether oxygens (including phenoxy) is 1. The molecule has 0 aromatic heterocycles. The van der Waals surface area contributed by atoms with Crippen molar-refractivity contribution in [3.8, 4) is 0 Å². The molecule has 3 aromatic carbocycles. The van der Waals surface area contributed by atoms with Gasteiger partial charge in [-0.2, -0.15) is 0 Å². The number of carbonyl (C=O) groups excluding carboxylic acids is 1. The van der Waals surface area contributed by atoms with E-state index in [-0.39, 0.29) is 23.7 Å². The zero-order valence-electron chi connectivity index (χ0n) is 15.4. The summed E-state index contributed by atoms with van der Waals surface area (Å²) in [5.41, 5.74) is 8.43. The molecule has 0 aliphatic rings. The smallest absolute Gasteiger partial charge is 0.260 e. The Morgan fingerprint density at radius 2 is 1.32 bits per heavy atom. The quantitative estimate of drug-likeness (QED) is 0.615. The summed E-state index contributed by atoms with van der Waals surface area (Å²) >= 11 is 5.09. The van der Waals surface area contributed by atoms with E-state index in [1.54, 1.807) is 12.1 Å². The Morgan fingerprint density at radius 3 is 1.79 bits per heavy atom. The molecule has 0 saturated heterocycles. The highest BCUT2D eigenvalue weighted by molar-refractivity contribution is 7.80. The standard InChI is InChI=1S/C23H22N2O2S/c24-23(28)25(22(26)20-14-8-3-9-15-20)16-17-27-21(18-10-4-1-5-11-18)19-12-6-2-7-13-19/h1-15,21H,16-17H2,(H2,24,28). The van der Waals surface area contributed by atoms with E-state index in [0.29, 0.717) is 12.2 Å². The maximum absolute atomic E-state index is 12.7. The summed E-state index contributed by atoms with van der Waals surface area (Å²) < 4.78 is 6.17. The van der Waals surface area contributed by atoms with Crippen LogP contribution in [0.4, 0.5) is 0 Å². The maximum Gasteiger partial charge on any atom is 0.260 e. The SMILES string of the molecule is NC(=S)N(CCOC(c1ccccc1)c1ccccc1)C(=O)c1ccccc1. The van der Waals surface area contributed by atoms with Crippen molar-refractivity contribution in [2.24, 2.45) is 5.73 Å². The molecular formula is C23H22N2O2S. The van der Waals surface area contributed by atoms with Gasteiger partial charge >= 0.3 is 0 Å². The monoisotopic (exact) mass is 390 g/mol. The Kier molecular flexibility index (Phi) is 6.89. The molecule has 0 heterocycles. The topological polar surface area (TPSA) is 55.6 Å². The molecule has 0 radical (unpaired) electrons. The third-order valence-electron chi connectivity index (χ3n) is 4.34. The van der Waals surface area contributed by atoms with Gasteiger partial charge in [0.25, 0.3) is 5.91 Å². The number of amides is 1. The van der Waals surface area contributed by atoms with Gasteiger partial charge in [0.05, 0.1) is 13.2 Å². The molecule has 4 nitrogen and oxygen atoms in total. The van der Waals surface area contributed by atoms with E-state index in [1.165, 1.54) is 4.90 Å². The summed E-state index contributed by atoms with van der Waals surface area (Å²) in [4.78, 5) is 14.1. The Labute approximate surface area is 170 Å². The summed E-state index contributed by atoms with van der Waals surface area (Å²) in [5, 5.41) is 0.0356. The molecular weight excluding hydrogens is 368 g/mol. The minimum absolute atomic E-state index is 0.0356. The first-order valence-corrected chi connectivity index (χ1v) is 9.45. The first-order chi connectivity index (χ1) is 13.7. The van der Waals surface area contributed by atoms with Crippen molar-refractivity contribution < 1.29 is 9.53 Å². The van der Waals surface area contributed by atoms with E-state index < -0.39 is 0 Å². The Bertz CT molecular complexity index is 862. The summed E-state index contributed by atoms with van der Waals surface area (Å²) in [7, 11) is 0. The lowest BCUT2D eigenvalue weighted by atomic mass is 10.0. The van der Waals surface area contributed by atoms with E-state index in [9.17, 15) is 4.79 Å². The molecule has 28 heavy (non-hydrogen) atoms. The van der Waals surface area contributed by atoms with Crippen LogP contribution in [0.3, 0.4) is 0 Å². The van der Waals surface area contributed by atoms with Crippen LogP contribution in [0.25, 0.3) is 0 Å². The molecule has 0 atom stereocenters. The summed E-state index contributed by atoms with van der Waals surface area (Å²) in [6.07, 6.45) is -0.234. The molecule has 142 valence electrons. The van der Waals surface area contributed by atoms with E-state index in [1.807, 2.05) is 78.9 Å². The van der Waals surface area contributed by atoms with Crippen molar-refractivity contribution in [1.29, 1.82) is 0 Å². The fraction of sp³-hybridized carbons (Fsp3) is 0.130. The van der Waals surface area contributed by atoms with Crippen LogP contribution in [0.2, 0.25) is 0 Å². The van der Waals surface area contributed by atoms with Gasteiger partial charge < -0.3 is 10.5 Å². The summed E-state index contributed by atoms with van der Waals surface area (Å²) in [6, 6.07) is 28.9. The highest BCUT2D eigenvalue weighted by Gasteiger charge is 2.20. The molecule has 0 aliphatic carbocycles. The molecule has 3 rings (SSSR count). The van der Waals surface area contributed by atoms with Crippen molar-refractivity contribution in [3.63, 3.8) is 0 Å². The Morgan fingerprint density at radius 1 is 0.857 bits per heavy atom. The molecule has 0 saturated carbocycles. The Balaban J connectivity index is 1.72. The number of nitrogens with zero attached hydrogens (tertiary/aromatic N) is 1. The number of carbonyl (C=O) groups is 1. The number of nitrogens with two attached hydrogens (primary N) is 1. The lowest BCUT2D eigenvalue weighted by molar-refractivity contribution is 0.0608. The molecule has 0 bridgehead atoms. The van der Waals surface area contributed by atoms with Gasteiger partial charge in [-0.05, 0) is 35.5 Å². The first-order valence-electron chi connectivity index (χ1n) is 9.04. The van der Waals surface area contributed by atoms with Crippen molar-refractivity contribution in [3.05, 3.63) is 108 Å². The molecule has 1 amide bonds. The largest absolute Gasteiger partial charge is 0.376 e. The molecule has 5 heteroatoms. The molecule has 0 aliphatic heterocycles. The van der Waals surface area contributed by atoms with Gasteiger partial charge in [-0.25, -0.2) is 0 Å². The minimum Gasteiger partial charge on any atom is -0.376 e. The number of hydrogen-bond acceptors (Lipinski definition) is 3. The highest BCUT2D eigenvalue weighted by Crippen LogP contribution is 2.25. The number of hydrogen-bond donors (Lipinski definition) is 1. The van der Waals surface area contributed by atoms with Gasteiger partial charge in [0.15, 0.2) is 5.11 Å². The van der Waals surface area contributed by atoms with Crippen LogP contribution in [-0.4, -0.2) is 29.1 Å². The highest BCUT2D eigenvalue weighted by atomic mass is 32.1. The zero-order valence-corrected chi connectivity index (χ0v) is 16.2. The third kappa shape index (κ3) is 5.03. The molecule has 0 unspecified atom stereocenters. The van der Waals surface area contributed by atoms with Crippen LogP contribution < -0.4 is 5.73 Å². The van der Waals surface area contributed by atoms with Gasteiger partial charge in [-0.1, -0.05) is 78.9 Å². The minimum atomic E-state index is -0.234. The second kappa shape index (κ2) is 9.78. The Hall–Kier alpha value is -3.02. The second-order valence-corrected chi connectivity index (χ2v) is 6.65. The van der Waals surface area contributed by atoms with Crippen LogP contribution in [0.15, 0.2) is 91.0 Å². The van der Waals surface area contributed by atoms with Crippen molar-refractivity contribution in [2.75, 3.05) is 13.2 Å². The first kappa shape index (κ1) is 19.7.